The molecule has 1 aliphatic carbocycles. The minimum atomic E-state index is -0.155. The Bertz CT molecular complexity index is 460. The largest absolute Gasteiger partial charge is 0.365 e. The quantitative estimate of drug-likeness (QED) is 0.843. The zero-order valence-electron chi connectivity index (χ0n) is 13.6. The molecule has 0 heterocycles. The first kappa shape index (κ1) is 16.3. The molecule has 2 atom stereocenters. The van der Waals surface area contributed by atoms with Gasteiger partial charge in [0.15, 0.2) is 0 Å². The van der Waals surface area contributed by atoms with Crippen molar-refractivity contribution < 1.29 is 4.39 Å². The van der Waals surface area contributed by atoms with Crippen molar-refractivity contribution in [2.45, 2.75) is 51.5 Å². The minimum absolute atomic E-state index is 0.105. The summed E-state index contributed by atoms with van der Waals surface area (Å²) in [4.78, 5) is 2.10. The van der Waals surface area contributed by atoms with E-state index in [-0.39, 0.29) is 11.4 Å². The molecule has 1 aromatic carbocycles. The highest BCUT2D eigenvalue weighted by Gasteiger charge is 2.37. The van der Waals surface area contributed by atoms with Gasteiger partial charge in [-0.2, -0.15) is 0 Å². The fourth-order valence-electron chi connectivity index (χ4n) is 3.74. The average molecular weight is 292 g/mol. The van der Waals surface area contributed by atoms with Crippen molar-refractivity contribution in [1.82, 2.24) is 0 Å². The highest BCUT2D eigenvalue weighted by molar-refractivity contribution is 5.49. The summed E-state index contributed by atoms with van der Waals surface area (Å²) in [5.41, 5.74) is 6.72. The minimum Gasteiger partial charge on any atom is -0.365 e. The molecule has 118 valence electrons. The van der Waals surface area contributed by atoms with Crippen LogP contribution in [0, 0.1) is 17.7 Å². The van der Waals surface area contributed by atoms with Gasteiger partial charge in [-0.15, -0.1) is 0 Å². The molecule has 0 bridgehead atoms. The number of nitrogens with two attached hydrogens (primary N) is 1. The lowest BCUT2D eigenvalue weighted by molar-refractivity contribution is 0.319. The van der Waals surface area contributed by atoms with E-state index in [1.54, 1.807) is 6.07 Å². The Balaban J connectivity index is 2.23. The number of rotatable bonds is 4. The van der Waals surface area contributed by atoms with Crippen molar-refractivity contribution in [1.29, 1.82) is 0 Å². The van der Waals surface area contributed by atoms with Crippen LogP contribution in [-0.2, 0) is 0 Å². The Labute approximate surface area is 128 Å². The highest BCUT2D eigenvalue weighted by atomic mass is 19.1. The number of anilines is 1. The average Bonchev–Trinajstić information content (AvgIpc) is 2.70. The number of hydrogen-bond donors (Lipinski definition) is 1. The molecule has 0 spiro atoms. The Morgan fingerprint density at radius 3 is 2.62 bits per heavy atom. The summed E-state index contributed by atoms with van der Waals surface area (Å²) in [7, 11) is 2.00. The summed E-state index contributed by atoms with van der Waals surface area (Å²) in [6.45, 7) is 5.20. The molecule has 2 unspecified atom stereocenters. The monoisotopic (exact) mass is 292 g/mol. The lowest BCUT2D eigenvalue weighted by atomic mass is 9.85. The zero-order chi connectivity index (χ0) is 15.5. The highest BCUT2D eigenvalue weighted by Crippen LogP contribution is 2.38. The van der Waals surface area contributed by atoms with Crippen LogP contribution in [0.3, 0.4) is 0 Å². The number of para-hydroxylation sites is 1. The molecule has 0 saturated heterocycles. The second kappa shape index (κ2) is 6.78. The topological polar surface area (TPSA) is 29.3 Å². The lowest BCUT2D eigenvalue weighted by Gasteiger charge is -2.42. The standard InChI is InChI=1S/C18H29FN2/c1-14(2)15-7-6-11-18(13-20,12-10-15)21(3)17-9-5-4-8-16(17)19/h4-5,8-9,14-15H,6-7,10-13,20H2,1-3H3. The van der Waals surface area contributed by atoms with Crippen LogP contribution in [0.2, 0.25) is 0 Å². The number of nitrogens with zero attached hydrogens (tertiary/aromatic N) is 1. The van der Waals surface area contributed by atoms with Gasteiger partial charge >= 0.3 is 0 Å². The third-order valence-electron chi connectivity index (χ3n) is 5.45. The van der Waals surface area contributed by atoms with E-state index in [9.17, 15) is 4.39 Å². The summed E-state index contributed by atoms with van der Waals surface area (Å²) < 4.78 is 14.1. The molecule has 0 radical (unpaired) electrons. The molecule has 2 nitrogen and oxygen atoms in total. The van der Waals surface area contributed by atoms with Crippen molar-refractivity contribution in [3.05, 3.63) is 30.1 Å². The molecule has 1 aromatic rings. The van der Waals surface area contributed by atoms with Crippen molar-refractivity contribution in [2.75, 3.05) is 18.5 Å². The lowest BCUT2D eigenvalue weighted by Crippen LogP contribution is -2.52. The van der Waals surface area contributed by atoms with E-state index in [0.717, 1.165) is 24.7 Å². The van der Waals surface area contributed by atoms with Crippen molar-refractivity contribution >= 4 is 5.69 Å². The van der Waals surface area contributed by atoms with Crippen molar-refractivity contribution in [3.63, 3.8) is 0 Å². The van der Waals surface area contributed by atoms with Crippen LogP contribution in [-0.4, -0.2) is 19.1 Å². The third kappa shape index (κ3) is 3.39. The van der Waals surface area contributed by atoms with Crippen LogP contribution in [0.25, 0.3) is 0 Å². The summed E-state index contributed by atoms with van der Waals surface area (Å²) in [6, 6.07) is 7.03. The SMILES string of the molecule is CC(C)C1CCCC(CN)(N(C)c2ccccc2F)CC1. The molecule has 21 heavy (non-hydrogen) atoms. The first-order valence-electron chi connectivity index (χ1n) is 8.18. The zero-order valence-corrected chi connectivity index (χ0v) is 13.6. The second-order valence-electron chi connectivity index (χ2n) is 6.87. The maximum Gasteiger partial charge on any atom is 0.146 e. The summed E-state index contributed by atoms with van der Waals surface area (Å²) in [6.07, 6.45) is 5.74. The van der Waals surface area contributed by atoms with Crippen LogP contribution >= 0.6 is 0 Å². The van der Waals surface area contributed by atoms with E-state index >= 15 is 0 Å². The number of benzene rings is 1. The summed E-state index contributed by atoms with van der Waals surface area (Å²) in [5.74, 6) is 1.34. The van der Waals surface area contributed by atoms with Crippen molar-refractivity contribution in [2.24, 2.45) is 17.6 Å². The first-order chi connectivity index (χ1) is 10.00. The Morgan fingerprint density at radius 2 is 2.00 bits per heavy atom. The Kier molecular flexibility index (Phi) is 5.26. The van der Waals surface area contributed by atoms with Crippen LogP contribution in [0.5, 0.6) is 0 Å². The van der Waals surface area contributed by atoms with Gasteiger partial charge in [-0.25, -0.2) is 4.39 Å². The maximum absolute atomic E-state index is 14.1. The molecule has 0 aromatic heterocycles. The van der Waals surface area contributed by atoms with E-state index in [2.05, 4.69) is 18.7 Å². The van der Waals surface area contributed by atoms with Crippen molar-refractivity contribution in [3.8, 4) is 0 Å². The van der Waals surface area contributed by atoms with E-state index in [1.165, 1.54) is 25.3 Å². The van der Waals surface area contributed by atoms with E-state index < -0.39 is 0 Å². The van der Waals surface area contributed by atoms with E-state index in [1.807, 2.05) is 19.2 Å². The molecule has 1 aliphatic rings. The van der Waals surface area contributed by atoms with Gasteiger partial charge in [-0.1, -0.05) is 38.8 Å². The molecule has 3 heteroatoms. The smallest absolute Gasteiger partial charge is 0.146 e. The molecule has 2 rings (SSSR count). The van der Waals surface area contributed by atoms with E-state index in [4.69, 9.17) is 5.73 Å². The Hall–Kier alpha value is -1.09. The predicted octanol–water partition coefficient (Wildman–Crippen LogP) is 4.20. The van der Waals surface area contributed by atoms with Gasteiger partial charge in [0.05, 0.1) is 11.2 Å². The predicted molar refractivity (Wildman–Crippen MR) is 88.0 cm³/mol. The molecule has 2 N–H and O–H groups in total. The number of halogens is 1. The fourth-order valence-corrected chi connectivity index (χ4v) is 3.74. The maximum atomic E-state index is 14.1. The van der Waals surface area contributed by atoms with Gasteiger partial charge in [0, 0.05) is 13.6 Å². The van der Waals surface area contributed by atoms with Crippen LogP contribution in [0.4, 0.5) is 10.1 Å². The summed E-state index contributed by atoms with van der Waals surface area (Å²) >= 11 is 0. The summed E-state index contributed by atoms with van der Waals surface area (Å²) in [5, 5.41) is 0. The Morgan fingerprint density at radius 1 is 1.29 bits per heavy atom. The van der Waals surface area contributed by atoms with Crippen LogP contribution in [0.1, 0.15) is 46.0 Å². The molecule has 1 fully saturated rings. The molecular formula is C18H29FN2. The van der Waals surface area contributed by atoms with Gasteiger partial charge in [0.2, 0.25) is 0 Å². The number of hydrogen-bond acceptors (Lipinski definition) is 2. The molecule has 1 saturated carbocycles. The first-order valence-corrected chi connectivity index (χ1v) is 8.18. The fraction of sp³-hybridized carbons (Fsp3) is 0.667. The van der Waals surface area contributed by atoms with Gasteiger partial charge in [-0.05, 0) is 43.2 Å². The van der Waals surface area contributed by atoms with E-state index in [0.29, 0.717) is 12.2 Å². The van der Waals surface area contributed by atoms with Gasteiger partial charge < -0.3 is 10.6 Å². The molecule has 0 amide bonds. The second-order valence-corrected chi connectivity index (χ2v) is 6.87. The number of likely N-dealkylation sites (N-methyl/N-ethyl adjacent to an activating group) is 1. The third-order valence-corrected chi connectivity index (χ3v) is 5.45. The van der Waals surface area contributed by atoms with Gasteiger partial charge in [0.25, 0.3) is 0 Å². The van der Waals surface area contributed by atoms with Gasteiger partial charge in [0.1, 0.15) is 5.82 Å². The normalized spacial score (nSPS) is 26.7. The van der Waals surface area contributed by atoms with Gasteiger partial charge in [-0.3, -0.25) is 0 Å². The van der Waals surface area contributed by atoms with Crippen LogP contribution < -0.4 is 10.6 Å². The molecular weight excluding hydrogens is 263 g/mol. The van der Waals surface area contributed by atoms with Crippen LogP contribution in [0.15, 0.2) is 24.3 Å². The molecule has 0 aliphatic heterocycles.